The van der Waals surface area contributed by atoms with Crippen LogP contribution in [0.4, 0.5) is 0 Å². The smallest absolute Gasteiger partial charge is 0.187 e. The molecule has 0 bridgehead atoms. The summed E-state index contributed by atoms with van der Waals surface area (Å²) in [5.74, 6) is -0.533. The fraction of sp³-hybridized carbons (Fsp3) is 1.00. The van der Waals surface area contributed by atoms with Crippen LogP contribution in [0.15, 0.2) is 0 Å². The predicted octanol–water partition coefficient (Wildman–Crippen LogP) is -3.47. The molecule has 0 radical (unpaired) electrons. The van der Waals surface area contributed by atoms with Crippen molar-refractivity contribution >= 4 is 0 Å². The van der Waals surface area contributed by atoms with Crippen LogP contribution in [-0.2, 0) is 18.9 Å². The molecule has 24 heavy (non-hydrogen) atoms. The van der Waals surface area contributed by atoms with E-state index in [9.17, 15) is 30.6 Å². The highest BCUT2D eigenvalue weighted by Crippen LogP contribution is 2.31. The Bertz CT molecular complexity index is 392. The molecule has 0 aromatic rings. The standard InChI is InChI=1S/C14H26O10/c1-5-6(3-15)22-14(10(19)8(5)17)24-12-7(4-16)23-13(21-2)11(20)9(12)18/h5-20H,3-4H2,1-2H3/t5-,6?,7?,8-,9+,10?,11?,12-,13-,14+/m1/s1. The van der Waals surface area contributed by atoms with Crippen molar-refractivity contribution in [1.82, 2.24) is 0 Å². The molecule has 4 unspecified atom stereocenters. The van der Waals surface area contributed by atoms with Gasteiger partial charge >= 0.3 is 0 Å². The van der Waals surface area contributed by atoms with Gasteiger partial charge in [0.2, 0.25) is 0 Å². The molecule has 2 heterocycles. The molecule has 0 aromatic heterocycles. The minimum absolute atomic E-state index is 0.396. The molecule has 2 fully saturated rings. The number of ether oxygens (including phenoxy) is 4. The van der Waals surface area contributed by atoms with Crippen molar-refractivity contribution in [2.24, 2.45) is 5.92 Å². The van der Waals surface area contributed by atoms with Gasteiger partial charge in [0.25, 0.3) is 0 Å². The van der Waals surface area contributed by atoms with E-state index in [1.54, 1.807) is 6.92 Å². The fourth-order valence-corrected chi connectivity index (χ4v) is 2.96. The van der Waals surface area contributed by atoms with Crippen molar-refractivity contribution in [3.8, 4) is 0 Å². The van der Waals surface area contributed by atoms with E-state index in [0.717, 1.165) is 0 Å². The van der Waals surface area contributed by atoms with Gasteiger partial charge in [-0.25, -0.2) is 0 Å². The Kier molecular flexibility index (Phi) is 6.90. The zero-order valence-electron chi connectivity index (χ0n) is 13.5. The molecule has 0 aromatic carbocycles. The Morgan fingerprint density at radius 3 is 1.88 bits per heavy atom. The fourth-order valence-electron chi connectivity index (χ4n) is 2.96. The molecule has 0 amide bonds. The average molecular weight is 354 g/mol. The Morgan fingerprint density at radius 2 is 1.33 bits per heavy atom. The van der Waals surface area contributed by atoms with Gasteiger partial charge in [-0.15, -0.1) is 0 Å². The van der Waals surface area contributed by atoms with Crippen LogP contribution in [0.3, 0.4) is 0 Å². The monoisotopic (exact) mass is 354 g/mol. The van der Waals surface area contributed by atoms with Crippen LogP contribution in [0.1, 0.15) is 6.92 Å². The van der Waals surface area contributed by atoms with E-state index in [4.69, 9.17) is 18.9 Å². The van der Waals surface area contributed by atoms with E-state index >= 15 is 0 Å². The molecule has 10 heteroatoms. The molecule has 0 spiro atoms. The number of aliphatic hydroxyl groups is 6. The van der Waals surface area contributed by atoms with Crippen molar-refractivity contribution in [3.05, 3.63) is 0 Å². The number of hydrogen-bond acceptors (Lipinski definition) is 10. The molecule has 2 aliphatic heterocycles. The summed E-state index contributed by atoms with van der Waals surface area (Å²) in [6, 6.07) is 0. The van der Waals surface area contributed by atoms with Gasteiger partial charge in [-0.2, -0.15) is 0 Å². The van der Waals surface area contributed by atoms with Crippen LogP contribution in [0, 0.1) is 5.92 Å². The SMILES string of the molecule is CO[C@@H]1OC(CO)[C@@H](O[C@@H]2OC(CO)[C@@H](C)[C@@H](O)C2O)[C@@H](O)C1O. The molecule has 2 saturated heterocycles. The summed E-state index contributed by atoms with van der Waals surface area (Å²) in [7, 11) is 1.27. The lowest BCUT2D eigenvalue weighted by atomic mass is 9.91. The van der Waals surface area contributed by atoms with Gasteiger partial charge < -0.3 is 49.6 Å². The second-order valence-corrected chi connectivity index (χ2v) is 6.11. The van der Waals surface area contributed by atoms with Crippen molar-refractivity contribution in [2.45, 2.75) is 62.2 Å². The average Bonchev–Trinajstić information content (AvgIpc) is 2.59. The van der Waals surface area contributed by atoms with Gasteiger partial charge in [0, 0.05) is 13.0 Å². The van der Waals surface area contributed by atoms with Gasteiger partial charge in [0.15, 0.2) is 12.6 Å². The van der Waals surface area contributed by atoms with Crippen LogP contribution in [0.5, 0.6) is 0 Å². The van der Waals surface area contributed by atoms with Crippen LogP contribution in [0.2, 0.25) is 0 Å². The summed E-state index contributed by atoms with van der Waals surface area (Å²) < 4.78 is 21.1. The lowest BCUT2D eigenvalue weighted by Gasteiger charge is -2.46. The lowest BCUT2D eigenvalue weighted by Crippen LogP contribution is -2.63. The molecule has 2 aliphatic rings. The van der Waals surface area contributed by atoms with Crippen molar-refractivity contribution in [3.63, 3.8) is 0 Å². The Balaban J connectivity index is 2.12. The highest BCUT2D eigenvalue weighted by atomic mass is 16.7. The molecule has 6 N–H and O–H groups in total. The van der Waals surface area contributed by atoms with E-state index < -0.39 is 74.4 Å². The van der Waals surface area contributed by atoms with E-state index in [0.29, 0.717) is 0 Å². The quantitative estimate of drug-likeness (QED) is 0.293. The Hall–Kier alpha value is -0.400. The first-order chi connectivity index (χ1) is 11.3. The van der Waals surface area contributed by atoms with Gasteiger partial charge in [0.05, 0.1) is 25.4 Å². The van der Waals surface area contributed by atoms with Crippen molar-refractivity contribution < 1.29 is 49.6 Å². The highest BCUT2D eigenvalue weighted by molar-refractivity contribution is 4.93. The van der Waals surface area contributed by atoms with Gasteiger partial charge in [0.1, 0.15) is 30.5 Å². The van der Waals surface area contributed by atoms with Gasteiger partial charge in [-0.1, -0.05) is 6.92 Å². The van der Waals surface area contributed by atoms with E-state index in [1.165, 1.54) is 7.11 Å². The van der Waals surface area contributed by atoms with E-state index in [1.807, 2.05) is 0 Å². The summed E-state index contributed by atoms with van der Waals surface area (Å²) in [6.07, 6.45) is -11.2. The van der Waals surface area contributed by atoms with Crippen LogP contribution < -0.4 is 0 Å². The van der Waals surface area contributed by atoms with Gasteiger partial charge in [-0.05, 0) is 0 Å². The third-order valence-electron chi connectivity index (χ3n) is 4.59. The second kappa shape index (κ2) is 8.32. The Labute approximate surface area is 139 Å². The maximum Gasteiger partial charge on any atom is 0.187 e. The predicted molar refractivity (Wildman–Crippen MR) is 76.6 cm³/mol. The molecular formula is C14H26O10. The third-order valence-corrected chi connectivity index (χ3v) is 4.59. The molecular weight excluding hydrogens is 328 g/mol. The molecule has 10 atom stereocenters. The largest absolute Gasteiger partial charge is 0.394 e. The van der Waals surface area contributed by atoms with E-state index in [-0.39, 0.29) is 0 Å². The summed E-state index contributed by atoms with van der Waals surface area (Å²) in [5.41, 5.74) is 0. The number of hydrogen-bond donors (Lipinski definition) is 6. The lowest BCUT2D eigenvalue weighted by molar-refractivity contribution is -0.353. The van der Waals surface area contributed by atoms with Crippen LogP contribution in [-0.4, -0.2) is 106 Å². The van der Waals surface area contributed by atoms with E-state index in [2.05, 4.69) is 0 Å². The number of methoxy groups -OCH3 is 1. The van der Waals surface area contributed by atoms with Crippen molar-refractivity contribution in [1.29, 1.82) is 0 Å². The molecule has 10 nitrogen and oxygen atoms in total. The Morgan fingerprint density at radius 1 is 0.792 bits per heavy atom. The summed E-state index contributed by atoms with van der Waals surface area (Å²) in [6.45, 7) is 0.666. The molecule has 142 valence electrons. The summed E-state index contributed by atoms with van der Waals surface area (Å²) >= 11 is 0. The van der Waals surface area contributed by atoms with Crippen LogP contribution >= 0.6 is 0 Å². The summed E-state index contributed by atoms with van der Waals surface area (Å²) in [5, 5.41) is 59.0. The normalized spacial score (nSPS) is 50.0. The van der Waals surface area contributed by atoms with Crippen molar-refractivity contribution in [2.75, 3.05) is 20.3 Å². The maximum absolute atomic E-state index is 10.2. The third kappa shape index (κ3) is 3.73. The minimum Gasteiger partial charge on any atom is -0.394 e. The van der Waals surface area contributed by atoms with Gasteiger partial charge in [-0.3, -0.25) is 0 Å². The molecule has 2 rings (SSSR count). The molecule has 0 aliphatic carbocycles. The first-order valence-corrected chi connectivity index (χ1v) is 7.78. The number of rotatable bonds is 5. The first-order valence-electron chi connectivity index (χ1n) is 7.78. The molecule has 0 saturated carbocycles. The minimum atomic E-state index is -1.49. The zero-order chi connectivity index (χ0) is 18.0. The second-order valence-electron chi connectivity index (χ2n) is 6.11. The summed E-state index contributed by atoms with van der Waals surface area (Å²) in [4.78, 5) is 0. The first kappa shape index (κ1) is 19.9. The highest BCUT2D eigenvalue weighted by Gasteiger charge is 2.49. The number of aliphatic hydroxyl groups excluding tert-OH is 6. The van der Waals surface area contributed by atoms with Crippen LogP contribution in [0.25, 0.3) is 0 Å². The maximum atomic E-state index is 10.2. The topological polar surface area (TPSA) is 158 Å². The zero-order valence-corrected chi connectivity index (χ0v) is 13.5.